The molecule has 0 unspecified atom stereocenters. The maximum Gasteiger partial charge on any atom is 0.266 e. The van der Waals surface area contributed by atoms with Crippen molar-refractivity contribution in [2.45, 2.75) is 30.8 Å². The molecule has 27 heavy (non-hydrogen) atoms. The van der Waals surface area contributed by atoms with Gasteiger partial charge in [-0.2, -0.15) is 0 Å². The van der Waals surface area contributed by atoms with E-state index in [1.54, 1.807) is 12.1 Å². The van der Waals surface area contributed by atoms with E-state index in [0.29, 0.717) is 11.7 Å². The maximum absolute atomic E-state index is 13.4. The normalized spacial score (nSPS) is 22.2. The lowest BCUT2D eigenvalue weighted by atomic mass is 9.99. The Bertz CT molecular complexity index is 969. The molecule has 1 aliphatic heterocycles. The van der Waals surface area contributed by atoms with Gasteiger partial charge >= 0.3 is 0 Å². The first-order valence-corrected chi connectivity index (χ1v) is 10.9. The van der Waals surface area contributed by atoms with Crippen molar-refractivity contribution >= 4 is 27.4 Å². The second-order valence-electron chi connectivity index (χ2n) is 7.18. The van der Waals surface area contributed by atoms with Gasteiger partial charge in [-0.15, -0.1) is 0 Å². The Hall–Kier alpha value is -2.18. The zero-order valence-corrected chi connectivity index (χ0v) is 16.8. The highest BCUT2D eigenvalue weighted by atomic mass is 32.2. The molecule has 1 fully saturated rings. The molecule has 2 aromatic carbocycles. The quantitative estimate of drug-likeness (QED) is 0.581. The number of benzene rings is 2. The number of sulfonamides is 1. The summed E-state index contributed by atoms with van der Waals surface area (Å²) in [5.74, 6) is 0.223. The van der Waals surface area contributed by atoms with Crippen LogP contribution in [0.4, 0.5) is 0 Å². The molecule has 6 heteroatoms. The van der Waals surface area contributed by atoms with Crippen LogP contribution in [0.2, 0.25) is 0 Å². The molecule has 2 aliphatic rings. The maximum atomic E-state index is 13.4. The molecule has 0 spiro atoms. The van der Waals surface area contributed by atoms with Crippen LogP contribution in [-0.2, 0) is 16.6 Å². The summed E-state index contributed by atoms with van der Waals surface area (Å²) >= 11 is 5.68. The summed E-state index contributed by atoms with van der Waals surface area (Å²) in [6.45, 7) is 3.33. The minimum absolute atomic E-state index is 0.198. The molecule has 0 radical (unpaired) electrons. The van der Waals surface area contributed by atoms with Gasteiger partial charge in [0.1, 0.15) is 0 Å². The van der Waals surface area contributed by atoms with Gasteiger partial charge in [0.25, 0.3) is 10.0 Å². The van der Waals surface area contributed by atoms with Crippen LogP contribution in [0.3, 0.4) is 0 Å². The van der Waals surface area contributed by atoms with Crippen LogP contribution >= 0.6 is 12.2 Å². The number of fused-ring (bicyclic) bond motifs is 1. The third kappa shape index (κ3) is 3.39. The van der Waals surface area contributed by atoms with E-state index >= 15 is 0 Å². The number of hydrogen-bond donors (Lipinski definition) is 0. The van der Waals surface area contributed by atoms with Gasteiger partial charge in [0, 0.05) is 19.0 Å². The summed E-state index contributed by atoms with van der Waals surface area (Å²) in [6.07, 6.45) is 4.93. The van der Waals surface area contributed by atoms with Crippen molar-refractivity contribution in [3.8, 4) is 0 Å². The number of hydrogen-bond acceptors (Lipinski definition) is 3. The summed E-state index contributed by atoms with van der Waals surface area (Å²) in [5, 5.41) is 0.382. The van der Waals surface area contributed by atoms with E-state index in [1.807, 2.05) is 60.4 Å². The van der Waals surface area contributed by atoms with Gasteiger partial charge in [0.05, 0.1) is 10.9 Å². The van der Waals surface area contributed by atoms with Crippen LogP contribution < -0.4 is 0 Å². The highest BCUT2D eigenvalue weighted by Crippen LogP contribution is 2.35. The van der Waals surface area contributed by atoms with Crippen molar-refractivity contribution in [2.75, 3.05) is 6.54 Å². The van der Waals surface area contributed by atoms with Crippen LogP contribution in [0.25, 0.3) is 0 Å². The molecule has 0 N–H and O–H groups in total. The van der Waals surface area contributed by atoms with Crippen LogP contribution in [0.5, 0.6) is 0 Å². The number of aryl methyl sites for hydroxylation is 1. The zero-order valence-electron chi connectivity index (χ0n) is 15.2. The van der Waals surface area contributed by atoms with Crippen molar-refractivity contribution in [3.05, 3.63) is 77.9 Å². The lowest BCUT2D eigenvalue weighted by molar-refractivity contribution is 0.220. The second kappa shape index (κ2) is 7.09. The van der Waals surface area contributed by atoms with Gasteiger partial charge in [-0.1, -0.05) is 60.2 Å². The van der Waals surface area contributed by atoms with Crippen LogP contribution in [0.15, 0.2) is 71.6 Å². The minimum Gasteiger partial charge on any atom is -0.344 e. The molecule has 1 aliphatic carbocycles. The third-order valence-electron chi connectivity index (χ3n) is 5.23. The summed E-state index contributed by atoms with van der Waals surface area (Å²) in [4.78, 5) is 2.31. The summed E-state index contributed by atoms with van der Waals surface area (Å²) in [6, 6.07) is 16.8. The predicted octanol–water partition coefficient (Wildman–Crippen LogP) is 3.73. The first-order chi connectivity index (χ1) is 13.0. The van der Waals surface area contributed by atoms with Crippen molar-refractivity contribution in [3.63, 3.8) is 0 Å². The van der Waals surface area contributed by atoms with Gasteiger partial charge in [-0.3, -0.25) is 0 Å². The third-order valence-corrected chi connectivity index (χ3v) is 7.61. The molecule has 2 atom stereocenters. The molecule has 0 saturated carbocycles. The molecular weight excluding hydrogens is 376 g/mol. The Balaban J connectivity index is 1.69. The molecular formula is C21H22N2O2S2. The summed E-state index contributed by atoms with van der Waals surface area (Å²) in [7, 11) is -3.71. The minimum atomic E-state index is -3.71. The molecule has 0 aromatic heterocycles. The first kappa shape index (κ1) is 18.2. The standard InChI is InChI=1S/C21H22N2O2S2/c1-16-10-12-19(13-11-16)27(24,25)23-20-9-5-8-18(20)15-22(21(23)26)14-17-6-3-2-4-7-17/h2-7,9-13,18,20H,8,14-15H2,1H3/t18-,20-/m0/s1. The van der Waals surface area contributed by atoms with Gasteiger partial charge < -0.3 is 4.90 Å². The van der Waals surface area contributed by atoms with E-state index in [0.717, 1.165) is 24.1 Å². The molecule has 0 amide bonds. The molecule has 0 bridgehead atoms. The van der Waals surface area contributed by atoms with E-state index < -0.39 is 10.0 Å². The number of thiocarbonyl (C=S) groups is 1. The number of rotatable bonds is 4. The fraction of sp³-hybridized carbons (Fsp3) is 0.286. The van der Waals surface area contributed by atoms with Gasteiger partial charge in [0.15, 0.2) is 5.11 Å². The van der Waals surface area contributed by atoms with Crippen LogP contribution in [-0.4, -0.2) is 35.3 Å². The van der Waals surface area contributed by atoms with E-state index in [1.165, 1.54) is 4.31 Å². The Labute approximate surface area is 166 Å². The number of nitrogens with zero attached hydrogens (tertiary/aromatic N) is 2. The number of allylic oxidation sites excluding steroid dienone is 1. The molecule has 4 rings (SSSR count). The summed E-state index contributed by atoms with van der Waals surface area (Å²) < 4.78 is 28.3. The Morgan fingerprint density at radius 1 is 1.07 bits per heavy atom. The van der Waals surface area contributed by atoms with E-state index in [-0.39, 0.29) is 16.9 Å². The van der Waals surface area contributed by atoms with Gasteiger partial charge in [-0.25, -0.2) is 12.7 Å². The van der Waals surface area contributed by atoms with Crippen molar-refractivity contribution in [2.24, 2.45) is 5.92 Å². The molecule has 1 heterocycles. The van der Waals surface area contributed by atoms with E-state index in [9.17, 15) is 8.42 Å². The largest absolute Gasteiger partial charge is 0.344 e. The lowest BCUT2D eigenvalue weighted by Crippen LogP contribution is -2.58. The van der Waals surface area contributed by atoms with Crippen LogP contribution in [0, 0.1) is 12.8 Å². The first-order valence-electron chi connectivity index (χ1n) is 9.07. The topological polar surface area (TPSA) is 40.6 Å². The van der Waals surface area contributed by atoms with E-state index in [2.05, 4.69) is 6.08 Å². The Kier molecular flexibility index (Phi) is 4.78. The highest BCUT2D eigenvalue weighted by Gasteiger charge is 2.44. The second-order valence-corrected chi connectivity index (χ2v) is 9.36. The van der Waals surface area contributed by atoms with E-state index in [4.69, 9.17) is 12.2 Å². The molecule has 4 nitrogen and oxygen atoms in total. The van der Waals surface area contributed by atoms with Crippen molar-refractivity contribution in [1.29, 1.82) is 0 Å². The lowest BCUT2D eigenvalue weighted by Gasteiger charge is -2.44. The smallest absolute Gasteiger partial charge is 0.266 e. The SMILES string of the molecule is Cc1ccc(S(=O)(=O)N2C(=S)N(Cc3ccccc3)C[C@@H]3CC=C[C@@H]32)cc1. The Morgan fingerprint density at radius 3 is 2.48 bits per heavy atom. The molecule has 1 saturated heterocycles. The zero-order chi connectivity index (χ0) is 19.0. The van der Waals surface area contributed by atoms with Crippen molar-refractivity contribution < 1.29 is 8.42 Å². The fourth-order valence-corrected chi connectivity index (χ4v) is 5.94. The molecule has 2 aromatic rings. The molecule has 140 valence electrons. The van der Waals surface area contributed by atoms with Crippen molar-refractivity contribution in [1.82, 2.24) is 9.21 Å². The predicted molar refractivity (Wildman–Crippen MR) is 111 cm³/mol. The average Bonchev–Trinajstić information content (AvgIpc) is 3.11. The summed E-state index contributed by atoms with van der Waals surface area (Å²) in [5.41, 5.74) is 2.15. The van der Waals surface area contributed by atoms with Gasteiger partial charge in [-0.05, 0) is 43.3 Å². The average molecular weight is 399 g/mol. The van der Waals surface area contributed by atoms with Gasteiger partial charge in [0.2, 0.25) is 0 Å². The van der Waals surface area contributed by atoms with Crippen LogP contribution in [0.1, 0.15) is 17.5 Å². The highest BCUT2D eigenvalue weighted by molar-refractivity contribution is 7.91. The Morgan fingerprint density at radius 2 is 1.78 bits per heavy atom. The fourth-order valence-electron chi connectivity index (χ4n) is 3.79. The monoisotopic (exact) mass is 398 g/mol.